The quantitative estimate of drug-likeness (QED) is 0.382. The van der Waals surface area contributed by atoms with E-state index in [0.29, 0.717) is 23.8 Å². The summed E-state index contributed by atoms with van der Waals surface area (Å²) in [7, 11) is 1.60. The molecule has 0 spiro atoms. The lowest BCUT2D eigenvalue weighted by molar-refractivity contribution is -0.126. The van der Waals surface area contributed by atoms with E-state index in [1.54, 1.807) is 36.4 Å². The van der Waals surface area contributed by atoms with Crippen molar-refractivity contribution in [3.05, 3.63) is 82.8 Å². The first-order valence-electron chi connectivity index (χ1n) is 11.5. The Hall–Kier alpha value is -3.36. The molecule has 0 saturated carbocycles. The third-order valence-electron chi connectivity index (χ3n) is 6.21. The van der Waals surface area contributed by atoms with Crippen molar-refractivity contribution in [1.29, 1.82) is 0 Å². The molecule has 2 aliphatic rings. The first kappa shape index (κ1) is 23.4. The van der Waals surface area contributed by atoms with Gasteiger partial charge in [-0.05, 0) is 76.4 Å². The zero-order valence-electron chi connectivity index (χ0n) is 19.4. The second-order valence-electron chi connectivity index (χ2n) is 8.41. The minimum atomic E-state index is -0.926. The van der Waals surface area contributed by atoms with E-state index in [4.69, 9.17) is 14.3 Å². The Bertz CT molecular complexity index is 1230. The standard InChI is InChI=1S/C27H25BrN2O5/c1-3-15-34-20-12-10-18(11-13-20)29-26(31)23-24(17-9-14-22(33-2)21(28)16-17)30(35-25(23)27(29)32)19-7-5-4-6-8-19/h4-14,16,23-25H,3,15H2,1-2H3/t23-,24-,25-/m1/s1. The summed E-state index contributed by atoms with van der Waals surface area (Å²) in [4.78, 5) is 34.6. The van der Waals surface area contributed by atoms with Crippen LogP contribution < -0.4 is 19.4 Å². The van der Waals surface area contributed by atoms with Crippen LogP contribution in [0.1, 0.15) is 24.9 Å². The molecule has 180 valence electrons. The van der Waals surface area contributed by atoms with E-state index in [-0.39, 0.29) is 11.8 Å². The van der Waals surface area contributed by atoms with Crippen molar-refractivity contribution in [2.24, 2.45) is 5.92 Å². The second-order valence-corrected chi connectivity index (χ2v) is 9.26. The van der Waals surface area contributed by atoms with Gasteiger partial charge in [0.05, 0.1) is 35.6 Å². The molecule has 3 atom stereocenters. The number of nitrogens with zero attached hydrogens (tertiary/aromatic N) is 2. The monoisotopic (exact) mass is 536 g/mol. The number of hydroxylamine groups is 1. The van der Waals surface area contributed by atoms with Gasteiger partial charge >= 0.3 is 0 Å². The molecule has 0 aromatic heterocycles. The first-order valence-corrected chi connectivity index (χ1v) is 12.3. The lowest BCUT2D eigenvalue weighted by Gasteiger charge is -2.29. The highest BCUT2D eigenvalue weighted by Gasteiger charge is 2.60. The maximum atomic E-state index is 13.8. The number of hydrogen-bond acceptors (Lipinski definition) is 6. The fourth-order valence-corrected chi connectivity index (χ4v) is 5.14. The summed E-state index contributed by atoms with van der Waals surface area (Å²) in [6.45, 7) is 2.64. The molecule has 7 nitrogen and oxygen atoms in total. The van der Waals surface area contributed by atoms with Crippen LogP contribution in [-0.4, -0.2) is 31.6 Å². The van der Waals surface area contributed by atoms with Gasteiger partial charge in [0, 0.05) is 0 Å². The van der Waals surface area contributed by atoms with Crippen molar-refractivity contribution in [2.45, 2.75) is 25.5 Å². The molecule has 2 fully saturated rings. The van der Waals surface area contributed by atoms with Gasteiger partial charge in [-0.1, -0.05) is 31.2 Å². The molecular formula is C27H25BrN2O5. The molecule has 0 aliphatic carbocycles. The Morgan fingerprint density at radius 1 is 0.943 bits per heavy atom. The molecule has 0 N–H and O–H groups in total. The average Bonchev–Trinajstić information content (AvgIpc) is 3.39. The highest BCUT2D eigenvalue weighted by molar-refractivity contribution is 9.10. The zero-order valence-corrected chi connectivity index (χ0v) is 21.0. The smallest absolute Gasteiger partial charge is 0.266 e. The Balaban J connectivity index is 1.51. The number of carbonyl (C=O) groups is 2. The van der Waals surface area contributed by atoms with Gasteiger partial charge in [-0.15, -0.1) is 0 Å². The Labute approximate surface area is 212 Å². The number of amides is 2. The van der Waals surface area contributed by atoms with Crippen molar-refractivity contribution < 1.29 is 23.9 Å². The van der Waals surface area contributed by atoms with E-state index >= 15 is 0 Å². The number of methoxy groups -OCH3 is 1. The van der Waals surface area contributed by atoms with Gasteiger partial charge in [-0.25, -0.2) is 9.96 Å². The predicted molar refractivity (Wildman–Crippen MR) is 135 cm³/mol. The lowest BCUT2D eigenvalue weighted by atomic mass is 9.90. The molecule has 0 radical (unpaired) electrons. The summed E-state index contributed by atoms with van der Waals surface area (Å²) in [5.41, 5.74) is 2.10. The second kappa shape index (κ2) is 9.71. The number of fused-ring (bicyclic) bond motifs is 1. The maximum Gasteiger partial charge on any atom is 0.266 e. The van der Waals surface area contributed by atoms with E-state index in [1.165, 1.54) is 4.90 Å². The van der Waals surface area contributed by atoms with Crippen molar-refractivity contribution in [3.63, 3.8) is 0 Å². The summed E-state index contributed by atoms with van der Waals surface area (Å²) in [6, 6.07) is 21.6. The van der Waals surface area contributed by atoms with Gasteiger partial charge < -0.3 is 9.47 Å². The number of benzene rings is 3. The molecule has 35 heavy (non-hydrogen) atoms. The fraction of sp³-hybridized carbons (Fsp3) is 0.259. The molecular weight excluding hydrogens is 512 g/mol. The highest BCUT2D eigenvalue weighted by Crippen LogP contribution is 2.48. The van der Waals surface area contributed by atoms with Crippen LogP contribution in [0.15, 0.2) is 77.3 Å². The van der Waals surface area contributed by atoms with Crippen molar-refractivity contribution >= 4 is 39.1 Å². The van der Waals surface area contributed by atoms with E-state index in [9.17, 15) is 9.59 Å². The summed E-state index contributed by atoms with van der Waals surface area (Å²) in [5.74, 6) is -0.00601. The Morgan fingerprint density at radius 2 is 1.69 bits per heavy atom. The number of carbonyl (C=O) groups excluding carboxylic acids is 2. The van der Waals surface area contributed by atoms with Crippen molar-refractivity contribution in [2.75, 3.05) is 23.7 Å². The molecule has 0 unspecified atom stereocenters. The largest absolute Gasteiger partial charge is 0.496 e. The molecule has 3 aromatic carbocycles. The summed E-state index contributed by atoms with van der Waals surface area (Å²) in [6.07, 6.45) is -0.0311. The maximum absolute atomic E-state index is 13.8. The molecule has 2 saturated heterocycles. The van der Waals surface area contributed by atoms with Gasteiger partial charge in [0.25, 0.3) is 5.91 Å². The van der Waals surface area contributed by atoms with Crippen LogP contribution in [0.3, 0.4) is 0 Å². The van der Waals surface area contributed by atoms with Gasteiger partial charge in [0.15, 0.2) is 6.10 Å². The van der Waals surface area contributed by atoms with Crippen LogP contribution in [0.5, 0.6) is 11.5 Å². The minimum absolute atomic E-state index is 0.294. The number of anilines is 2. The van der Waals surface area contributed by atoms with Crippen LogP contribution in [0.2, 0.25) is 0 Å². The van der Waals surface area contributed by atoms with Crippen LogP contribution in [0.4, 0.5) is 11.4 Å². The summed E-state index contributed by atoms with van der Waals surface area (Å²) < 4.78 is 11.8. The van der Waals surface area contributed by atoms with E-state index in [0.717, 1.165) is 22.1 Å². The van der Waals surface area contributed by atoms with E-state index in [1.807, 2.05) is 55.5 Å². The van der Waals surface area contributed by atoms with Gasteiger partial charge in [0.2, 0.25) is 5.91 Å². The number of ether oxygens (including phenoxy) is 2. The number of imide groups is 1. The lowest BCUT2D eigenvalue weighted by Crippen LogP contribution is -2.37. The Kier molecular flexibility index (Phi) is 6.49. The van der Waals surface area contributed by atoms with Gasteiger partial charge in [-0.3, -0.25) is 14.4 Å². The molecule has 2 amide bonds. The SMILES string of the molecule is CCCOc1ccc(N2C(=O)[C@@H]3[C@@H](c4ccc(OC)c(Br)c4)N(c4ccccc4)O[C@H]3C2=O)cc1. The van der Waals surface area contributed by atoms with E-state index < -0.39 is 18.1 Å². The number of rotatable bonds is 7. The summed E-state index contributed by atoms with van der Waals surface area (Å²) in [5, 5.41) is 1.68. The average molecular weight is 537 g/mol. The number of para-hydroxylation sites is 1. The van der Waals surface area contributed by atoms with Gasteiger partial charge in [-0.2, -0.15) is 0 Å². The molecule has 5 rings (SSSR count). The zero-order chi connectivity index (χ0) is 24.5. The van der Waals surface area contributed by atoms with Crippen LogP contribution in [0.25, 0.3) is 0 Å². The summed E-state index contributed by atoms with van der Waals surface area (Å²) >= 11 is 3.54. The van der Waals surface area contributed by atoms with Crippen LogP contribution in [0, 0.1) is 5.92 Å². The van der Waals surface area contributed by atoms with E-state index in [2.05, 4.69) is 15.9 Å². The predicted octanol–water partition coefficient (Wildman–Crippen LogP) is 5.30. The molecule has 8 heteroatoms. The van der Waals surface area contributed by atoms with Crippen LogP contribution in [-0.2, 0) is 14.4 Å². The minimum Gasteiger partial charge on any atom is -0.496 e. The highest BCUT2D eigenvalue weighted by atomic mass is 79.9. The van der Waals surface area contributed by atoms with Crippen molar-refractivity contribution in [1.82, 2.24) is 0 Å². The normalized spacial score (nSPS) is 21.4. The molecule has 3 aromatic rings. The van der Waals surface area contributed by atoms with Crippen molar-refractivity contribution in [3.8, 4) is 11.5 Å². The molecule has 2 aliphatic heterocycles. The number of hydrogen-bond donors (Lipinski definition) is 0. The Morgan fingerprint density at radius 3 is 2.34 bits per heavy atom. The topological polar surface area (TPSA) is 68.3 Å². The van der Waals surface area contributed by atoms with Crippen LogP contribution >= 0.6 is 15.9 Å². The molecule has 2 heterocycles. The first-order chi connectivity index (χ1) is 17.0. The number of halogens is 1. The fourth-order valence-electron chi connectivity index (χ4n) is 4.58. The van der Waals surface area contributed by atoms with Gasteiger partial charge in [0.1, 0.15) is 17.4 Å². The molecule has 0 bridgehead atoms. The third kappa shape index (κ3) is 4.17. The third-order valence-corrected chi connectivity index (χ3v) is 6.83.